The number of hydrogen-bond acceptors (Lipinski definition) is 4. The van der Waals surface area contributed by atoms with Crippen molar-refractivity contribution in [3.05, 3.63) is 59.1 Å². The van der Waals surface area contributed by atoms with Crippen LogP contribution in [0.1, 0.15) is 24.8 Å². The molecule has 0 unspecified atom stereocenters. The number of ether oxygens (including phenoxy) is 1. The van der Waals surface area contributed by atoms with Crippen molar-refractivity contribution < 1.29 is 17.9 Å². The lowest BCUT2D eigenvalue weighted by atomic mass is 10.1. The molecule has 1 aliphatic rings. The number of carbonyl (C=O) groups is 1. The van der Waals surface area contributed by atoms with Crippen LogP contribution in [0.4, 0.5) is 0 Å². The molecule has 1 saturated heterocycles. The Balaban J connectivity index is 1.56. The SMILES string of the molecule is COc1cccc(CCCNC(=O)[C@H]2CCCN2S(=O)(=O)c2ccc(Cl)cc2)c1. The zero-order valence-electron chi connectivity index (χ0n) is 16.3. The highest BCUT2D eigenvalue weighted by Gasteiger charge is 2.39. The molecule has 29 heavy (non-hydrogen) atoms. The van der Waals surface area contributed by atoms with Crippen LogP contribution in [0.2, 0.25) is 5.02 Å². The first-order valence-corrected chi connectivity index (χ1v) is 11.4. The van der Waals surface area contributed by atoms with Crippen LogP contribution in [0.3, 0.4) is 0 Å². The first kappa shape index (κ1) is 21.6. The van der Waals surface area contributed by atoms with E-state index in [1.807, 2.05) is 24.3 Å². The quantitative estimate of drug-likeness (QED) is 0.644. The van der Waals surface area contributed by atoms with Gasteiger partial charge in [0.05, 0.1) is 12.0 Å². The fraction of sp³-hybridized carbons (Fsp3) is 0.381. The summed E-state index contributed by atoms with van der Waals surface area (Å²) in [5, 5.41) is 3.36. The molecule has 0 radical (unpaired) electrons. The summed E-state index contributed by atoms with van der Waals surface area (Å²) in [7, 11) is -2.10. The number of halogens is 1. The second-order valence-corrected chi connectivity index (χ2v) is 9.30. The molecule has 156 valence electrons. The van der Waals surface area contributed by atoms with Crippen molar-refractivity contribution in [1.29, 1.82) is 0 Å². The molecule has 1 amide bonds. The number of sulfonamides is 1. The molecule has 1 heterocycles. The number of aryl methyl sites for hydroxylation is 1. The smallest absolute Gasteiger partial charge is 0.243 e. The summed E-state index contributed by atoms with van der Waals surface area (Å²) in [5.74, 6) is 0.561. The number of carbonyl (C=O) groups excluding carboxylic acids is 1. The summed E-state index contributed by atoms with van der Waals surface area (Å²) in [6.45, 7) is 0.828. The van der Waals surface area contributed by atoms with Gasteiger partial charge in [0.25, 0.3) is 0 Å². The van der Waals surface area contributed by atoms with Crippen molar-refractivity contribution in [1.82, 2.24) is 9.62 Å². The number of nitrogens with zero attached hydrogens (tertiary/aromatic N) is 1. The van der Waals surface area contributed by atoms with Crippen molar-refractivity contribution in [3.8, 4) is 5.75 Å². The van der Waals surface area contributed by atoms with Gasteiger partial charge < -0.3 is 10.1 Å². The fourth-order valence-electron chi connectivity index (χ4n) is 3.48. The summed E-state index contributed by atoms with van der Waals surface area (Å²) >= 11 is 5.85. The summed E-state index contributed by atoms with van der Waals surface area (Å²) in [4.78, 5) is 12.8. The van der Waals surface area contributed by atoms with Crippen molar-refractivity contribution in [3.63, 3.8) is 0 Å². The topological polar surface area (TPSA) is 75.7 Å². The van der Waals surface area contributed by atoms with E-state index in [2.05, 4.69) is 5.32 Å². The lowest BCUT2D eigenvalue weighted by Gasteiger charge is -2.23. The summed E-state index contributed by atoms with van der Waals surface area (Å²) in [6.07, 6.45) is 2.74. The molecule has 0 aromatic heterocycles. The lowest BCUT2D eigenvalue weighted by molar-refractivity contribution is -0.124. The highest BCUT2D eigenvalue weighted by atomic mass is 35.5. The molecular formula is C21H25ClN2O4S. The molecule has 1 atom stereocenters. The molecule has 2 aromatic carbocycles. The van der Waals surface area contributed by atoms with E-state index < -0.39 is 16.1 Å². The van der Waals surface area contributed by atoms with E-state index in [4.69, 9.17) is 16.3 Å². The minimum atomic E-state index is -3.73. The third-order valence-electron chi connectivity index (χ3n) is 5.00. The van der Waals surface area contributed by atoms with Crippen molar-refractivity contribution in [2.45, 2.75) is 36.6 Å². The van der Waals surface area contributed by atoms with Crippen LogP contribution >= 0.6 is 11.6 Å². The number of rotatable bonds is 8. The molecule has 1 fully saturated rings. The van der Waals surface area contributed by atoms with Gasteiger partial charge >= 0.3 is 0 Å². The van der Waals surface area contributed by atoms with Crippen molar-refractivity contribution in [2.75, 3.05) is 20.2 Å². The number of methoxy groups -OCH3 is 1. The van der Waals surface area contributed by atoms with Crippen LogP contribution in [-0.4, -0.2) is 44.9 Å². The molecule has 1 N–H and O–H groups in total. The number of amides is 1. The maximum absolute atomic E-state index is 12.9. The zero-order valence-corrected chi connectivity index (χ0v) is 17.9. The van der Waals surface area contributed by atoms with E-state index >= 15 is 0 Å². The number of nitrogens with one attached hydrogen (secondary N) is 1. The van der Waals surface area contributed by atoms with Crippen LogP contribution in [-0.2, 0) is 21.2 Å². The van der Waals surface area contributed by atoms with Crippen LogP contribution < -0.4 is 10.1 Å². The van der Waals surface area contributed by atoms with Gasteiger partial charge in [0.15, 0.2) is 0 Å². The summed E-state index contributed by atoms with van der Waals surface area (Å²) < 4.78 is 32.4. The van der Waals surface area contributed by atoms with Crippen LogP contribution in [0.25, 0.3) is 0 Å². The van der Waals surface area contributed by atoms with Crippen LogP contribution in [0.5, 0.6) is 5.75 Å². The molecule has 8 heteroatoms. The molecule has 0 aliphatic carbocycles. The van der Waals surface area contributed by atoms with Crippen molar-refractivity contribution in [2.24, 2.45) is 0 Å². The molecule has 6 nitrogen and oxygen atoms in total. The van der Waals surface area contributed by atoms with Gasteiger partial charge in [-0.2, -0.15) is 4.31 Å². The van der Waals surface area contributed by atoms with Crippen LogP contribution in [0.15, 0.2) is 53.4 Å². The molecular weight excluding hydrogens is 412 g/mol. The van der Waals surface area contributed by atoms with Crippen LogP contribution in [0, 0.1) is 0 Å². The minimum Gasteiger partial charge on any atom is -0.497 e. The van der Waals surface area contributed by atoms with E-state index in [0.717, 1.165) is 24.2 Å². The molecule has 2 aromatic rings. The first-order chi connectivity index (χ1) is 13.9. The molecule has 0 saturated carbocycles. The average molecular weight is 437 g/mol. The van der Waals surface area contributed by atoms with Crippen molar-refractivity contribution >= 4 is 27.5 Å². The van der Waals surface area contributed by atoms with Gasteiger partial charge in [-0.05, 0) is 67.6 Å². The van der Waals surface area contributed by atoms with Gasteiger partial charge in [0, 0.05) is 18.1 Å². The van der Waals surface area contributed by atoms with E-state index in [9.17, 15) is 13.2 Å². The Bertz CT molecular complexity index is 947. The second kappa shape index (κ2) is 9.61. The minimum absolute atomic E-state index is 0.152. The van der Waals surface area contributed by atoms with E-state index in [-0.39, 0.29) is 10.8 Å². The van der Waals surface area contributed by atoms with Gasteiger partial charge in [-0.25, -0.2) is 8.42 Å². The maximum Gasteiger partial charge on any atom is 0.243 e. The fourth-order valence-corrected chi connectivity index (χ4v) is 5.26. The second-order valence-electron chi connectivity index (χ2n) is 6.97. The van der Waals surface area contributed by atoms with E-state index in [1.165, 1.54) is 28.6 Å². The monoisotopic (exact) mass is 436 g/mol. The predicted octanol–water partition coefficient (Wildman–Crippen LogP) is 3.25. The van der Waals surface area contributed by atoms with Gasteiger partial charge in [-0.15, -0.1) is 0 Å². The van der Waals surface area contributed by atoms with Gasteiger partial charge in [0.2, 0.25) is 15.9 Å². The zero-order chi connectivity index (χ0) is 20.9. The molecule has 1 aliphatic heterocycles. The third kappa shape index (κ3) is 5.29. The largest absolute Gasteiger partial charge is 0.497 e. The maximum atomic E-state index is 12.9. The first-order valence-electron chi connectivity index (χ1n) is 9.60. The van der Waals surface area contributed by atoms with Gasteiger partial charge in [-0.1, -0.05) is 23.7 Å². The summed E-state index contributed by atoms with van der Waals surface area (Å²) in [6, 6.07) is 13.2. The highest BCUT2D eigenvalue weighted by molar-refractivity contribution is 7.89. The van der Waals surface area contributed by atoms with Gasteiger partial charge in [-0.3, -0.25) is 4.79 Å². The average Bonchev–Trinajstić information content (AvgIpc) is 3.22. The third-order valence-corrected chi connectivity index (χ3v) is 7.18. The Kier molecular flexibility index (Phi) is 7.16. The number of hydrogen-bond donors (Lipinski definition) is 1. The Morgan fingerprint density at radius 2 is 2.00 bits per heavy atom. The van der Waals surface area contributed by atoms with Gasteiger partial charge in [0.1, 0.15) is 11.8 Å². The lowest BCUT2D eigenvalue weighted by Crippen LogP contribution is -2.46. The van der Waals surface area contributed by atoms with E-state index in [1.54, 1.807) is 7.11 Å². The highest BCUT2D eigenvalue weighted by Crippen LogP contribution is 2.27. The molecule has 0 bridgehead atoms. The Labute approximate surface area is 176 Å². The Hall–Kier alpha value is -2.09. The summed E-state index contributed by atoms with van der Waals surface area (Å²) in [5.41, 5.74) is 1.13. The standard InChI is InChI=1S/C21H25ClN2O4S/c1-28-18-7-2-5-16(15-18)6-3-13-23-21(25)20-8-4-14-24(20)29(26,27)19-11-9-17(22)10-12-19/h2,5,7,9-12,15,20H,3-4,6,8,13-14H2,1H3,(H,23,25)/t20-/m1/s1. The van der Waals surface area contributed by atoms with E-state index in [0.29, 0.717) is 31.0 Å². The molecule has 3 rings (SSSR count). The Morgan fingerprint density at radius 1 is 1.24 bits per heavy atom. The number of benzene rings is 2. The normalized spacial score (nSPS) is 17.2. The predicted molar refractivity (Wildman–Crippen MR) is 113 cm³/mol. The Morgan fingerprint density at radius 3 is 2.72 bits per heavy atom. The molecule has 0 spiro atoms.